The van der Waals surface area contributed by atoms with Crippen LogP contribution in [0, 0.1) is 0 Å². The van der Waals surface area contributed by atoms with Crippen LogP contribution >= 0.6 is 0 Å². The summed E-state index contributed by atoms with van der Waals surface area (Å²) in [5.74, 6) is 0. The molecule has 0 saturated carbocycles. The minimum atomic E-state index is -4.90. The second-order valence-corrected chi connectivity index (χ2v) is 17.6. The van der Waals surface area contributed by atoms with Gasteiger partial charge >= 0.3 is 229 Å². The molecule has 0 aliphatic carbocycles. The monoisotopic (exact) mass is 710 g/mol. The maximum absolute atomic E-state index is 13.3. The van der Waals surface area contributed by atoms with Crippen molar-refractivity contribution >= 4 is 32.6 Å². The molecular weight excluding hydrogens is 692 g/mol. The number of benzene rings is 4. The first-order chi connectivity index (χ1) is 18.8. The van der Waals surface area contributed by atoms with Crippen molar-refractivity contribution < 1.29 is 52.7 Å². The molecule has 0 nitrogen and oxygen atoms in total. The molecule has 0 unspecified atom stereocenters. The van der Waals surface area contributed by atoms with Crippen molar-refractivity contribution in [1.82, 2.24) is 0 Å². The van der Waals surface area contributed by atoms with Crippen molar-refractivity contribution in [2.45, 2.75) is 24.7 Å². The van der Waals surface area contributed by atoms with Gasteiger partial charge in [0.15, 0.2) is 0 Å². The van der Waals surface area contributed by atoms with Crippen molar-refractivity contribution in [3.8, 4) is 0 Å². The molecule has 4 aromatic rings. The number of hydrogen-bond acceptors (Lipinski definition) is 0. The summed E-state index contributed by atoms with van der Waals surface area (Å²) in [7, 11) is 0. The molecule has 0 bridgehead atoms. The minimum absolute atomic E-state index is 0.139. The molecule has 0 atom stereocenters. The Balaban J connectivity index is 2.09. The SMILES string of the molecule is FC(F)(F)c1ccc([Te](c2ccc(C(F)(F)F)cc2)(c2ccc(C(F)(F)F)cc2)c2ccc(C(F)(F)F)cc2)cc1. The quantitative estimate of drug-likeness (QED) is 0.156. The molecule has 218 valence electrons. The van der Waals surface area contributed by atoms with E-state index < -0.39 is 65.1 Å². The topological polar surface area (TPSA) is 0 Å². The van der Waals surface area contributed by atoms with Crippen molar-refractivity contribution in [2.24, 2.45) is 0 Å². The summed E-state index contributed by atoms with van der Waals surface area (Å²) in [6.45, 7) is 0. The molecule has 0 aliphatic rings. The molecular formula is C28H16F12Te. The first-order valence-corrected chi connectivity index (χ1v) is 16.0. The van der Waals surface area contributed by atoms with Crippen LogP contribution in [0.2, 0.25) is 0 Å². The first-order valence-electron chi connectivity index (χ1n) is 11.4. The molecule has 13 heteroatoms. The van der Waals surface area contributed by atoms with Gasteiger partial charge in [-0.05, 0) is 0 Å². The Morgan fingerprint density at radius 1 is 0.268 bits per heavy atom. The van der Waals surface area contributed by atoms with Gasteiger partial charge < -0.3 is 0 Å². The molecule has 0 saturated heterocycles. The fourth-order valence-corrected chi connectivity index (χ4v) is 15.1. The Labute approximate surface area is 229 Å². The van der Waals surface area contributed by atoms with Gasteiger partial charge in [-0.25, -0.2) is 0 Å². The number of halogens is 12. The first kappa shape index (κ1) is 30.8. The van der Waals surface area contributed by atoms with Crippen LogP contribution in [0.15, 0.2) is 97.1 Å². The second kappa shape index (κ2) is 10.6. The zero-order valence-electron chi connectivity index (χ0n) is 20.2. The molecule has 4 rings (SSSR count). The molecule has 0 heterocycles. The van der Waals surface area contributed by atoms with E-state index in [9.17, 15) is 52.7 Å². The van der Waals surface area contributed by atoms with Crippen LogP contribution in [0.5, 0.6) is 0 Å². The van der Waals surface area contributed by atoms with Crippen LogP contribution in [-0.4, -0.2) is 18.2 Å². The van der Waals surface area contributed by atoms with Gasteiger partial charge in [-0.15, -0.1) is 0 Å². The Morgan fingerprint density at radius 3 is 0.537 bits per heavy atom. The number of hydrogen-bond donors (Lipinski definition) is 0. The molecule has 0 spiro atoms. The summed E-state index contributed by atoms with van der Waals surface area (Å²) in [6, 6.07) is 14.3. The summed E-state index contributed by atoms with van der Waals surface area (Å²) in [6.07, 6.45) is -19.0. The Morgan fingerprint density at radius 2 is 0.415 bits per heavy atom. The van der Waals surface area contributed by atoms with E-state index in [0.29, 0.717) is 48.5 Å². The van der Waals surface area contributed by atoms with Gasteiger partial charge in [0, 0.05) is 0 Å². The third-order valence-corrected chi connectivity index (χ3v) is 17.3. The standard InChI is InChI=1S/C28H16F12Te/c29-25(30,31)17-1-9-21(10-2-17)41(22-11-3-18(4-12-22)26(32,33)34,23-13-5-19(6-14-23)27(35,36)37)24-15-7-20(8-16-24)28(38,39)40/h1-16H. The normalized spacial score (nSPS) is 13.8. The van der Waals surface area contributed by atoms with Crippen LogP contribution in [0.4, 0.5) is 52.7 Å². The van der Waals surface area contributed by atoms with Gasteiger partial charge in [0.25, 0.3) is 0 Å². The zero-order valence-corrected chi connectivity index (χ0v) is 22.5. The van der Waals surface area contributed by atoms with Crippen LogP contribution < -0.4 is 14.4 Å². The third kappa shape index (κ3) is 6.21. The Bertz CT molecular complexity index is 1240. The number of rotatable bonds is 4. The van der Waals surface area contributed by atoms with Gasteiger partial charge in [0.1, 0.15) is 0 Å². The van der Waals surface area contributed by atoms with Gasteiger partial charge in [0.2, 0.25) is 0 Å². The maximum atomic E-state index is 13.3. The van der Waals surface area contributed by atoms with Crippen LogP contribution in [0.3, 0.4) is 0 Å². The van der Waals surface area contributed by atoms with E-state index in [2.05, 4.69) is 0 Å². The van der Waals surface area contributed by atoms with E-state index in [0.717, 1.165) is 48.5 Å². The van der Waals surface area contributed by atoms with Crippen LogP contribution in [-0.2, 0) is 24.7 Å². The summed E-state index contributed by atoms with van der Waals surface area (Å²) in [5.41, 5.74) is -4.26. The van der Waals surface area contributed by atoms with Crippen molar-refractivity contribution in [2.75, 3.05) is 0 Å². The fraction of sp³-hybridized carbons (Fsp3) is 0.143. The van der Waals surface area contributed by atoms with E-state index >= 15 is 0 Å². The Hall–Kier alpha value is -3.17. The van der Waals surface area contributed by atoms with Gasteiger partial charge in [-0.3, -0.25) is 0 Å². The van der Waals surface area contributed by atoms with Crippen molar-refractivity contribution in [3.05, 3.63) is 119 Å². The Kier molecular flexibility index (Phi) is 7.95. The summed E-state index contributed by atoms with van der Waals surface area (Å²) >= 11 is -4.90. The molecule has 0 fully saturated rings. The van der Waals surface area contributed by atoms with E-state index in [-0.39, 0.29) is 14.4 Å². The van der Waals surface area contributed by atoms with E-state index in [1.807, 2.05) is 0 Å². The summed E-state index contributed by atoms with van der Waals surface area (Å²) in [5, 5.41) is 0. The molecule has 4 aromatic carbocycles. The average molecular weight is 708 g/mol. The molecule has 0 radical (unpaired) electrons. The summed E-state index contributed by atoms with van der Waals surface area (Å²) < 4.78 is 161. The average Bonchev–Trinajstić information content (AvgIpc) is 2.88. The zero-order chi connectivity index (χ0) is 30.4. The molecule has 0 aliphatic heterocycles. The molecule has 0 aromatic heterocycles. The third-order valence-electron chi connectivity index (χ3n) is 6.14. The van der Waals surface area contributed by atoms with Gasteiger partial charge in [-0.1, -0.05) is 0 Å². The molecule has 41 heavy (non-hydrogen) atoms. The van der Waals surface area contributed by atoms with E-state index in [1.54, 1.807) is 0 Å². The summed E-state index contributed by atoms with van der Waals surface area (Å²) in [4.78, 5) is 0. The van der Waals surface area contributed by atoms with Crippen LogP contribution in [0.1, 0.15) is 22.3 Å². The van der Waals surface area contributed by atoms with E-state index in [4.69, 9.17) is 0 Å². The van der Waals surface area contributed by atoms with Crippen LogP contribution in [0.25, 0.3) is 0 Å². The number of alkyl halides is 12. The molecule has 0 N–H and O–H groups in total. The van der Waals surface area contributed by atoms with E-state index in [1.165, 1.54) is 0 Å². The van der Waals surface area contributed by atoms with Crippen molar-refractivity contribution in [1.29, 1.82) is 0 Å². The van der Waals surface area contributed by atoms with Gasteiger partial charge in [-0.2, -0.15) is 0 Å². The fourth-order valence-electron chi connectivity index (χ4n) is 4.21. The molecule has 0 amide bonds. The predicted molar refractivity (Wildman–Crippen MR) is 130 cm³/mol. The van der Waals surface area contributed by atoms with Crippen molar-refractivity contribution in [3.63, 3.8) is 0 Å². The second-order valence-electron chi connectivity index (χ2n) is 8.70. The van der Waals surface area contributed by atoms with Gasteiger partial charge in [0.05, 0.1) is 0 Å². The predicted octanol–water partition coefficient (Wildman–Crippen LogP) is 7.14.